The molecule has 0 heterocycles. The Balaban J connectivity index is 0.00000123. The third kappa shape index (κ3) is 5.36. The third-order valence-electron chi connectivity index (χ3n) is 5.18. The molecule has 24 heavy (non-hydrogen) atoms. The molecule has 1 saturated carbocycles. The first-order chi connectivity index (χ1) is 11.6. The zero-order valence-corrected chi connectivity index (χ0v) is 17.1. The van der Waals surface area contributed by atoms with Crippen LogP contribution >= 0.6 is 0 Å². The first kappa shape index (κ1) is 22.7. The Hall–Kier alpha value is -1.30. The minimum absolute atomic E-state index is 0.180. The van der Waals surface area contributed by atoms with E-state index in [9.17, 15) is 0 Å². The Morgan fingerprint density at radius 2 is 1.58 bits per heavy atom. The van der Waals surface area contributed by atoms with E-state index in [4.69, 9.17) is 0 Å². The van der Waals surface area contributed by atoms with Gasteiger partial charge in [0.1, 0.15) is 0 Å². The Labute approximate surface area is 152 Å². The van der Waals surface area contributed by atoms with Crippen LogP contribution in [0.4, 0.5) is 0 Å². The highest BCUT2D eigenvalue weighted by molar-refractivity contribution is 5.44. The largest absolute Gasteiger partial charge is 0.0991 e. The molecule has 2 rings (SSSR count). The molecule has 0 spiro atoms. The van der Waals surface area contributed by atoms with Crippen LogP contribution in [-0.4, -0.2) is 0 Å². The van der Waals surface area contributed by atoms with Crippen molar-refractivity contribution in [2.45, 2.75) is 73.6 Å². The van der Waals surface area contributed by atoms with Crippen molar-refractivity contribution in [3.63, 3.8) is 0 Å². The average Bonchev–Trinajstić information content (AvgIpc) is 2.65. The molecule has 2 aliphatic carbocycles. The predicted molar refractivity (Wildman–Crippen MR) is 112 cm³/mol. The number of allylic oxidation sites excluding steroid dienone is 8. The minimum Gasteiger partial charge on any atom is -0.0991 e. The van der Waals surface area contributed by atoms with Crippen LogP contribution in [0.5, 0.6) is 0 Å². The molecule has 2 atom stereocenters. The minimum atomic E-state index is 0.180. The van der Waals surface area contributed by atoms with Gasteiger partial charge in [-0.3, -0.25) is 0 Å². The Kier molecular flexibility index (Phi) is 11.5. The van der Waals surface area contributed by atoms with Gasteiger partial charge in [0.2, 0.25) is 0 Å². The van der Waals surface area contributed by atoms with E-state index in [0.717, 1.165) is 0 Å². The molecule has 0 saturated heterocycles. The van der Waals surface area contributed by atoms with Gasteiger partial charge in [0, 0.05) is 5.41 Å². The van der Waals surface area contributed by atoms with Gasteiger partial charge in [-0.2, -0.15) is 0 Å². The fraction of sp³-hybridized carbons (Fsp3) is 0.583. The normalized spacial score (nSPS) is 25.2. The molecule has 0 aromatic carbocycles. The summed E-state index contributed by atoms with van der Waals surface area (Å²) in [5.41, 5.74) is 3.04. The van der Waals surface area contributed by atoms with Crippen LogP contribution in [0.15, 0.2) is 60.8 Å². The topological polar surface area (TPSA) is 0 Å². The molecule has 0 amide bonds. The summed E-state index contributed by atoms with van der Waals surface area (Å²) in [5.74, 6) is 1.28. The molecule has 2 aliphatic rings. The van der Waals surface area contributed by atoms with Crippen molar-refractivity contribution in [2.75, 3.05) is 0 Å². The molecule has 0 aromatic heterocycles. The summed E-state index contributed by atoms with van der Waals surface area (Å²) in [6, 6.07) is 0. The molecule has 0 heteroatoms. The van der Waals surface area contributed by atoms with Gasteiger partial charge in [0.25, 0.3) is 0 Å². The molecule has 1 fully saturated rings. The van der Waals surface area contributed by atoms with Crippen LogP contribution in [-0.2, 0) is 0 Å². The average molecular weight is 329 g/mol. The van der Waals surface area contributed by atoms with Crippen LogP contribution in [0.3, 0.4) is 0 Å². The van der Waals surface area contributed by atoms with E-state index in [1.54, 1.807) is 0 Å². The van der Waals surface area contributed by atoms with Crippen LogP contribution in [0.1, 0.15) is 73.6 Å². The van der Waals surface area contributed by atoms with Gasteiger partial charge < -0.3 is 0 Å². The summed E-state index contributed by atoms with van der Waals surface area (Å²) in [4.78, 5) is 0. The summed E-state index contributed by atoms with van der Waals surface area (Å²) in [6.45, 7) is 20.6. The summed E-state index contributed by atoms with van der Waals surface area (Å²) in [5, 5.41) is 0. The van der Waals surface area contributed by atoms with Gasteiger partial charge in [0.05, 0.1) is 0 Å². The van der Waals surface area contributed by atoms with Crippen molar-refractivity contribution in [2.24, 2.45) is 17.3 Å². The highest BCUT2D eigenvalue weighted by atomic mass is 14.4. The molecule has 136 valence electrons. The van der Waals surface area contributed by atoms with Crippen molar-refractivity contribution < 1.29 is 0 Å². The molecular weight excluding hydrogens is 288 g/mol. The lowest BCUT2D eigenvalue weighted by Gasteiger charge is -2.42. The molecule has 0 nitrogen and oxygen atoms in total. The maximum absolute atomic E-state index is 4.06. The van der Waals surface area contributed by atoms with Crippen molar-refractivity contribution in [1.29, 1.82) is 0 Å². The summed E-state index contributed by atoms with van der Waals surface area (Å²) in [6.07, 6.45) is 19.9. The van der Waals surface area contributed by atoms with Gasteiger partial charge >= 0.3 is 0 Å². The van der Waals surface area contributed by atoms with Crippen molar-refractivity contribution in [3.8, 4) is 0 Å². The number of rotatable bonds is 4. The van der Waals surface area contributed by atoms with Crippen LogP contribution < -0.4 is 0 Å². The SMILES string of the molecule is C=C/C=C(\C=C)C1(C2=CC(C)C(C)C=C2)CCCCC1.CC.CC. The second-order valence-corrected chi connectivity index (χ2v) is 6.40. The maximum atomic E-state index is 4.06. The standard InChI is InChI=1S/C20H28.2C2H6/c1-5-10-18(6-2)20(13-8-7-9-14-20)19-12-11-16(3)17(4)15-19;2*1-2/h5-6,10-12,15-17H,1-2,7-9,13-14H2,3-4H3;2*1-2H3/b18-10+;;. The van der Waals surface area contributed by atoms with Gasteiger partial charge in [-0.15, -0.1) is 0 Å². The second kappa shape index (κ2) is 12.1. The first-order valence-electron chi connectivity index (χ1n) is 10.00. The highest BCUT2D eigenvalue weighted by Crippen LogP contribution is 2.50. The van der Waals surface area contributed by atoms with Gasteiger partial charge in [0.15, 0.2) is 0 Å². The van der Waals surface area contributed by atoms with Gasteiger partial charge in [-0.05, 0) is 35.8 Å². The Morgan fingerprint density at radius 1 is 1.00 bits per heavy atom. The lowest BCUT2D eigenvalue weighted by molar-refractivity contribution is 0.296. The van der Waals surface area contributed by atoms with E-state index in [-0.39, 0.29) is 5.41 Å². The zero-order chi connectivity index (χ0) is 18.6. The summed E-state index contributed by atoms with van der Waals surface area (Å²) in [7, 11) is 0. The number of hydrogen-bond acceptors (Lipinski definition) is 0. The lowest BCUT2D eigenvalue weighted by atomic mass is 9.62. The lowest BCUT2D eigenvalue weighted by Crippen LogP contribution is -2.29. The van der Waals surface area contributed by atoms with Gasteiger partial charge in [-0.1, -0.05) is 110 Å². The molecular formula is C24H40. The Morgan fingerprint density at radius 3 is 2.04 bits per heavy atom. The zero-order valence-electron chi connectivity index (χ0n) is 17.1. The van der Waals surface area contributed by atoms with Crippen LogP contribution in [0.2, 0.25) is 0 Å². The molecule has 0 aliphatic heterocycles. The molecule has 0 aromatic rings. The quantitative estimate of drug-likeness (QED) is 0.458. The second-order valence-electron chi connectivity index (χ2n) is 6.40. The molecule has 2 unspecified atom stereocenters. The van der Waals surface area contributed by atoms with Crippen molar-refractivity contribution in [3.05, 3.63) is 60.8 Å². The maximum Gasteiger partial charge on any atom is 0.0199 e. The summed E-state index contributed by atoms with van der Waals surface area (Å²) < 4.78 is 0. The third-order valence-corrected chi connectivity index (χ3v) is 5.18. The molecule has 0 N–H and O–H groups in total. The first-order valence-corrected chi connectivity index (χ1v) is 10.00. The van der Waals surface area contributed by atoms with Crippen molar-refractivity contribution in [1.82, 2.24) is 0 Å². The van der Waals surface area contributed by atoms with Crippen molar-refractivity contribution >= 4 is 0 Å². The van der Waals surface area contributed by atoms with E-state index < -0.39 is 0 Å². The van der Waals surface area contributed by atoms with Gasteiger partial charge in [-0.25, -0.2) is 0 Å². The highest BCUT2D eigenvalue weighted by Gasteiger charge is 2.37. The van der Waals surface area contributed by atoms with E-state index in [0.29, 0.717) is 11.8 Å². The molecule has 0 bridgehead atoms. The smallest absolute Gasteiger partial charge is 0.0199 e. The predicted octanol–water partition coefficient (Wildman–Crippen LogP) is 8.06. The van der Waals surface area contributed by atoms with E-state index in [2.05, 4.69) is 51.3 Å². The Bertz CT molecular complexity index is 452. The summed E-state index contributed by atoms with van der Waals surface area (Å²) >= 11 is 0. The monoisotopic (exact) mass is 328 g/mol. The van der Waals surface area contributed by atoms with E-state index in [1.807, 2.05) is 39.8 Å². The fourth-order valence-electron chi connectivity index (χ4n) is 3.69. The van der Waals surface area contributed by atoms with E-state index >= 15 is 0 Å². The molecule has 0 radical (unpaired) electrons. The van der Waals surface area contributed by atoms with E-state index in [1.165, 1.54) is 43.3 Å². The number of hydrogen-bond donors (Lipinski definition) is 0. The fourth-order valence-corrected chi connectivity index (χ4v) is 3.69. The van der Waals surface area contributed by atoms with Crippen LogP contribution in [0.25, 0.3) is 0 Å². The van der Waals surface area contributed by atoms with Crippen LogP contribution in [0, 0.1) is 17.3 Å².